The van der Waals surface area contributed by atoms with E-state index in [1.807, 2.05) is 0 Å². The second kappa shape index (κ2) is 10.8. The molecule has 6 nitrogen and oxygen atoms in total. The third kappa shape index (κ3) is 5.61. The van der Waals surface area contributed by atoms with E-state index in [0.717, 1.165) is 44.7 Å². The molecule has 26 heavy (non-hydrogen) atoms. The summed E-state index contributed by atoms with van der Waals surface area (Å²) in [6.45, 7) is 4.04. The van der Waals surface area contributed by atoms with E-state index in [4.69, 9.17) is 9.47 Å². The first-order valence-corrected chi connectivity index (χ1v) is 10.5. The number of hydrogen-bond acceptors (Lipinski definition) is 5. The van der Waals surface area contributed by atoms with Crippen LogP contribution < -0.4 is 0 Å². The van der Waals surface area contributed by atoms with Gasteiger partial charge in [0.25, 0.3) is 0 Å². The number of allylic oxidation sites excluding steroid dienone is 2. The Labute approximate surface area is 157 Å². The van der Waals surface area contributed by atoms with Crippen molar-refractivity contribution in [2.75, 3.05) is 13.2 Å². The van der Waals surface area contributed by atoms with Gasteiger partial charge in [-0.1, -0.05) is 38.3 Å². The van der Waals surface area contributed by atoms with Crippen LogP contribution in [0.3, 0.4) is 0 Å². The van der Waals surface area contributed by atoms with Gasteiger partial charge in [0.05, 0.1) is 18.8 Å². The summed E-state index contributed by atoms with van der Waals surface area (Å²) in [7, 11) is 0. The summed E-state index contributed by atoms with van der Waals surface area (Å²) in [5.74, 6) is 2.10. The molecule has 6 heteroatoms. The molecule has 2 fully saturated rings. The van der Waals surface area contributed by atoms with Crippen molar-refractivity contribution in [1.29, 1.82) is 0 Å². The molecule has 2 aliphatic heterocycles. The molecule has 1 N–H and O–H groups in total. The molecule has 1 aromatic heterocycles. The van der Waals surface area contributed by atoms with Gasteiger partial charge in [-0.2, -0.15) is 0 Å². The third-order valence-electron chi connectivity index (χ3n) is 5.79. The maximum atomic E-state index is 6.18. The highest BCUT2D eigenvalue weighted by molar-refractivity contribution is 4.99. The van der Waals surface area contributed by atoms with Crippen molar-refractivity contribution in [3.8, 4) is 0 Å². The lowest BCUT2D eigenvalue weighted by molar-refractivity contribution is 0.0478. The van der Waals surface area contributed by atoms with Crippen molar-refractivity contribution in [2.45, 2.75) is 83.3 Å². The average Bonchev–Trinajstić information content (AvgIpc) is 3.39. The molecule has 2 aliphatic rings. The lowest BCUT2D eigenvalue weighted by Crippen LogP contribution is -2.30. The number of hydrogen-bond donors (Lipinski definition) is 1. The lowest BCUT2D eigenvalue weighted by atomic mass is 9.78. The molecule has 0 saturated carbocycles. The molecular formula is C20H34N4O2. The standard InChI is InChI=1S/C20H34N4O2/c1-2-3-4-9-14-25-15-17-16(18-12-13-19(17)26-18)10-7-5-6-8-11-20-21-23-24-22-20/h5,7,16-19H,2-4,6,8-15H2,1H3,(H,21,22,23,24)/b7-5-/t16-,17+,18-,19+/m1/s1. The second-order valence-corrected chi connectivity index (χ2v) is 7.70. The highest BCUT2D eigenvalue weighted by Gasteiger charge is 2.48. The Hall–Kier alpha value is -1.27. The first-order chi connectivity index (χ1) is 12.9. The number of tetrazole rings is 1. The fourth-order valence-corrected chi connectivity index (χ4v) is 4.32. The minimum atomic E-state index is 0.438. The van der Waals surface area contributed by atoms with Crippen molar-refractivity contribution >= 4 is 0 Å². The Morgan fingerprint density at radius 3 is 2.81 bits per heavy atom. The van der Waals surface area contributed by atoms with E-state index >= 15 is 0 Å². The average molecular weight is 363 g/mol. The monoisotopic (exact) mass is 362 g/mol. The number of rotatable bonds is 13. The van der Waals surface area contributed by atoms with Gasteiger partial charge >= 0.3 is 0 Å². The topological polar surface area (TPSA) is 72.9 Å². The Morgan fingerprint density at radius 2 is 2.00 bits per heavy atom. The first-order valence-electron chi connectivity index (χ1n) is 10.5. The maximum absolute atomic E-state index is 6.18. The summed E-state index contributed by atoms with van der Waals surface area (Å²) in [6, 6.07) is 0. The van der Waals surface area contributed by atoms with Gasteiger partial charge in [-0.25, -0.2) is 5.10 Å². The zero-order valence-electron chi connectivity index (χ0n) is 16.1. The number of H-pyrrole nitrogens is 1. The number of aromatic nitrogens is 4. The van der Waals surface area contributed by atoms with Gasteiger partial charge in [-0.15, -0.1) is 5.10 Å². The van der Waals surface area contributed by atoms with Crippen LogP contribution in [0, 0.1) is 11.8 Å². The van der Waals surface area contributed by atoms with Crippen LogP contribution in [0.2, 0.25) is 0 Å². The van der Waals surface area contributed by atoms with Gasteiger partial charge < -0.3 is 9.47 Å². The van der Waals surface area contributed by atoms with Gasteiger partial charge in [0.1, 0.15) is 5.82 Å². The quantitative estimate of drug-likeness (QED) is 0.426. The van der Waals surface area contributed by atoms with E-state index in [0.29, 0.717) is 24.0 Å². The minimum absolute atomic E-state index is 0.438. The van der Waals surface area contributed by atoms with Gasteiger partial charge in [0.15, 0.2) is 0 Å². The highest BCUT2D eigenvalue weighted by Crippen LogP contribution is 2.45. The van der Waals surface area contributed by atoms with E-state index in [1.165, 1.54) is 38.5 Å². The van der Waals surface area contributed by atoms with Gasteiger partial charge in [-0.05, 0) is 54.9 Å². The van der Waals surface area contributed by atoms with Crippen molar-refractivity contribution in [1.82, 2.24) is 20.6 Å². The van der Waals surface area contributed by atoms with Gasteiger partial charge in [0.2, 0.25) is 0 Å². The number of ether oxygens (including phenoxy) is 2. The molecule has 0 unspecified atom stereocenters. The molecule has 3 rings (SSSR count). The molecule has 0 aliphatic carbocycles. The Kier molecular flexibility index (Phi) is 8.08. The SMILES string of the molecule is CCCCCCOC[C@H]1[C@@H](C/C=C\CCCc2nnn[nH]2)[C@H]2CC[C@@H]1O2. The zero-order valence-corrected chi connectivity index (χ0v) is 16.1. The van der Waals surface area contributed by atoms with Gasteiger partial charge in [0, 0.05) is 18.9 Å². The molecule has 0 spiro atoms. The first kappa shape index (κ1) is 19.5. The molecule has 3 heterocycles. The maximum Gasteiger partial charge on any atom is 0.148 e. The molecular weight excluding hydrogens is 328 g/mol. The molecule has 2 saturated heterocycles. The highest BCUT2D eigenvalue weighted by atomic mass is 16.5. The number of nitrogens with zero attached hydrogens (tertiary/aromatic N) is 3. The van der Waals surface area contributed by atoms with E-state index in [2.05, 4.69) is 39.7 Å². The molecule has 2 bridgehead atoms. The van der Waals surface area contributed by atoms with Crippen LogP contribution in [0.5, 0.6) is 0 Å². The summed E-state index contributed by atoms with van der Waals surface area (Å²) in [4.78, 5) is 0. The lowest BCUT2D eigenvalue weighted by Gasteiger charge is -2.27. The molecule has 0 aromatic carbocycles. The zero-order chi connectivity index (χ0) is 18.0. The van der Waals surface area contributed by atoms with Crippen molar-refractivity contribution in [3.05, 3.63) is 18.0 Å². The summed E-state index contributed by atoms with van der Waals surface area (Å²) in [5.41, 5.74) is 0. The van der Waals surface area contributed by atoms with E-state index < -0.39 is 0 Å². The second-order valence-electron chi connectivity index (χ2n) is 7.70. The summed E-state index contributed by atoms with van der Waals surface area (Å²) in [5, 5.41) is 13.9. The predicted molar refractivity (Wildman–Crippen MR) is 101 cm³/mol. The fourth-order valence-electron chi connectivity index (χ4n) is 4.32. The summed E-state index contributed by atoms with van der Waals surface area (Å²) >= 11 is 0. The number of aromatic amines is 1. The molecule has 0 radical (unpaired) electrons. The molecule has 4 atom stereocenters. The predicted octanol–water partition coefficient (Wildman–Crippen LogP) is 3.86. The molecule has 1 aromatic rings. The largest absolute Gasteiger partial charge is 0.381 e. The van der Waals surface area contributed by atoms with Crippen LogP contribution in [-0.4, -0.2) is 46.0 Å². The summed E-state index contributed by atoms with van der Waals surface area (Å²) in [6.07, 6.45) is 17.3. The van der Waals surface area contributed by atoms with Crippen LogP contribution >= 0.6 is 0 Å². The third-order valence-corrected chi connectivity index (χ3v) is 5.79. The number of fused-ring (bicyclic) bond motifs is 2. The molecule has 146 valence electrons. The van der Waals surface area contributed by atoms with Crippen molar-refractivity contribution in [2.24, 2.45) is 11.8 Å². The minimum Gasteiger partial charge on any atom is -0.381 e. The summed E-state index contributed by atoms with van der Waals surface area (Å²) < 4.78 is 12.2. The number of aryl methyl sites for hydroxylation is 1. The number of unbranched alkanes of at least 4 members (excludes halogenated alkanes) is 4. The Morgan fingerprint density at radius 1 is 1.12 bits per heavy atom. The molecule has 0 amide bonds. The van der Waals surface area contributed by atoms with Crippen LogP contribution in [0.4, 0.5) is 0 Å². The van der Waals surface area contributed by atoms with Crippen LogP contribution in [-0.2, 0) is 15.9 Å². The number of nitrogens with one attached hydrogen (secondary N) is 1. The van der Waals surface area contributed by atoms with Crippen LogP contribution in [0.1, 0.15) is 70.5 Å². The van der Waals surface area contributed by atoms with Crippen LogP contribution in [0.15, 0.2) is 12.2 Å². The van der Waals surface area contributed by atoms with Crippen molar-refractivity contribution < 1.29 is 9.47 Å². The Bertz CT molecular complexity index is 520. The fraction of sp³-hybridized carbons (Fsp3) is 0.850. The van der Waals surface area contributed by atoms with Crippen molar-refractivity contribution in [3.63, 3.8) is 0 Å². The van der Waals surface area contributed by atoms with E-state index in [-0.39, 0.29) is 0 Å². The normalized spacial score (nSPS) is 27.7. The van der Waals surface area contributed by atoms with Crippen LogP contribution in [0.25, 0.3) is 0 Å². The van der Waals surface area contributed by atoms with E-state index in [9.17, 15) is 0 Å². The van der Waals surface area contributed by atoms with E-state index in [1.54, 1.807) is 0 Å². The van der Waals surface area contributed by atoms with Gasteiger partial charge in [-0.3, -0.25) is 0 Å². The Balaban J connectivity index is 1.33. The smallest absolute Gasteiger partial charge is 0.148 e.